The molecule has 2 unspecified atom stereocenters. The topological polar surface area (TPSA) is 43.1 Å². The Bertz CT molecular complexity index is 198. The number of ketones is 1. The van der Waals surface area contributed by atoms with Gasteiger partial charge in [-0.2, -0.15) is 0 Å². The molecule has 2 nitrogen and oxygen atoms in total. The molecule has 0 spiro atoms. The molecule has 2 aliphatic carbocycles. The van der Waals surface area contributed by atoms with Crippen LogP contribution >= 0.6 is 0 Å². The number of hydrogen-bond donors (Lipinski definition) is 1. The van der Waals surface area contributed by atoms with Crippen LogP contribution in [0.15, 0.2) is 0 Å². The van der Waals surface area contributed by atoms with Gasteiger partial charge in [-0.3, -0.25) is 4.79 Å². The molecule has 2 heteroatoms. The van der Waals surface area contributed by atoms with Crippen molar-refractivity contribution in [2.75, 3.05) is 6.54 Å². The van der Waals surface area contributed by atoms with Crippen LogP contribution in [0, 0.1) is 17.8 Å². The summed E-state index contributed by atoms with van der Waals surface area (Å²) in [6.45, 7) is 0.711. The van der Waals surface area contributed by atoms with Gasteiger partial charge in [-0.1, -0.05) is 12.8 Å². The van der Waals surface area contributed by atoms with Crippen LogP contribution < -0.4 is 5.73 Å². The lowest BCUT2D eigenvalue weighted by atomic mass is 9.75. The fraction of sp³-hybridized carbons (Fsp3) is 0.909. The highest BCUT2D eigenvalue weighted by atomic mass is 16.1. The number of rotatable bonds is 3. The molecular weight excluding hydrogens is 162 g/mol. The summed E-state index contributed by atoms with van der Waals surface area (Å²) in [4.78, 5) is 11.9. The van der Waals surface area contributed by atoms with Crippen LogP contribution in [-0.2, 0) is 4.79 Å². The quantitative estimate of drug-likeness (QED) is 0.720. The zero-order valence-corrected chi connectivity index (χ0v) is 8.17. The highest BCUT2D eigenvalue weighted by Gasteiger charge is 2.37. The van der Waals surface area contributed by atoms with Gasteiger partial charge in [-0.25, -0.2) is 0 Å². The van der Waals surface area contributed by atoms with Crippen molar-refractivity contribution >= 4 is 5.78 Å². The number of Topliss-reactive ketones (excluding diaryl/α,β-unsaturated/α-hetero) is 1. The lowest BCUT2D eigenvalue weighted by molar-refractivity contribution is -0.130. The van der Waals surface area contributed by atoms with E-state index in [-0.39, 0.29) is 0 Å². The number of nitrogens with two attached hydrogens (primary N) is 1. The minimum Gasteiger partial charge on any atom is -0.330 e. The number of carbonyl (C=O) groups is 1. The summed E-state index contributed by atoms with van der Waals surface area (Å²) in [7, 11) is 0. The molecule has 2 rings (SSSR count). The van der Waals surface area contributed by atoms with Crippen molar-refractivity contribution in [3.63, 3.8) is 0 Å². The molecule has 0 bridgehead atoms. The minimum absolute atomic E-state index is 0.329. The van der Waals surface area contributed by atoms with Gasteiger partial charge in [0.2, 0.25) is 0 Å². The van der Waals surface area contributed by atoms with E-state index in [0.717, 1.165) is 19.3 Å². The Balaban J connectivity index is 1.94. The smallest absolute Gasteiger partial charge is 0.139 e. The molecular formula is C11H19NO. The Morgan fingerprint density at radius 3 is 2.38 bits per heavy atom. The molecule has 0 heterocycles. The van der Waals surface area contributed by atoms with Crippen molar-refractivity contribution in [2.24, 2.45) is 23.5 Å². The van der Waals surface area contributed by atoms with Gasteiger partial charge in [0.1, 0.15) is 5.78 Å². The second kappa shape index (κ2) is 3.79. The van der Waals surface area contributed by atoms with Crippen molar-refractivity contribution in [2.45, 2.75) is 38.5 Å². The zero-order chi connectivity index (χ0) is 9.26. The Morgan fingerprint density at radius 1 is 1.15 bits per heavy atom. The summed E-state index contributed by atoms with van der Waals surface area (Å²) in [5.41, 5.74) is 5.67. The Labute approximate surface area is 79.9 Å². The molecule has 0 aromatic carbocycles. The van der Waals surface area contributed by atoms with Crippen molar-refractivity contribution in [3.05, 3.63) is 0 Å². The Hall–Kier alpha value is -0.370. The molecule has 74 valence electrons. The highest BCUT2D eigenvalue weighted by molar-refractivity contribution is 5.84. The molecule has 2 N–H and O–H groups in total. The normalized spacial score (nSPS) is 34.5. The maximum absolute atomic E-state index is 11.9. The first-order valence-corrected chi connectivity index (χ1v) is 5.56. The maximum atomic E-state index is 11.9. The van der Waals surface area contributed by atoms with Crippen LogP contribution in [0.1, 0.15) is 38.5 Å². The predicted octanol–water partition coefficient (Wildman–Crippen LogP) is 1.73. The summed E-state index contributed by atoms with van der Waals surface area (Å²) in [6, 6.07) is 0. The van der Waals surface area contributed by atoms with Crippen molar-refractivity contribution in [1.82, 2.24) is 0 Å². The van der Waals surface area contributed by atoms with Gasteiger partial charge >= 0.3 is 0 Å². The van der Waals surface area contributed by atoms with Crippen LogP contribution in [0.2, 0.25) is 0 Å². The third-order valence-corrected chi connectivity index (χ3v) is 3.83. The van der Waals surface area contributed by atoms with E-state index in [1.165, 1.54) is 19.3 Å². The molecule has 0 aliphatic heterocycles. The summed E-state index contributed by atoms with van der Waals surface area (Å²) in [5, 5.41) is 0. The van der Waals surface area contributed by atoms with E-state index in [0.29, 0.717) is 30.1 Å². The van der Waals surface area contributed by atoms with Crippen molar-refractivity contribution in [3.8, 4) is 0 Å². The summed E-state index contributed by atoms with van der Waals surface area (Å²) < 4.78 is 0. The monoisotopic (exact) mass is 181 g/mol. The van der Waals surface area contributed by atoms with E-state index in [1.807, 2.05) is 0 Å². The van der Waals surface area contributed by atoms with Crippen LogP contribution in [0.25, 0.3) is 0 Å². The summed E-state index contributed by atoms with van der Waals surface area (Å²) in [6.07, 6.45) is 7.05. The van der Waals surface area contributed by atoms with Crippen LogP contribution in [-0.4, -0.2) is 12.3 Å². The maximum Gasteiger partial charge on any atom is 0.139 e. The van der Waals surface area contributed by atoms with Crippen LogP contribution in [0.4, 0.5) is 0 Å². The van der Waals surface area contributed by atoms with Gasteiger partial charge in [0.25, 0.3) is 0 Å². The van der Waals surface area contributed by atoms with Crippen LogP contribution in [0.3, 0.4) is 0 Å². The molecule has 0 amide bonds. The summed E-state index contributed by atoms with van der Waals surface area (Å²) >= 11 is 0. The molecule has 2 aliphatic rings. The van der Waals surface area contributed by atoms with Gasteiger partial charge < -0.3 is 5.73 Å². The van der Waals surface area contributed by atoms with Gasteiger partial charge in [-0.15, -0.1) is 0 Å². The van der Waals surface area contributed by atoms with E-state index >= 15 is 0 Å². The molecule has 0 saturated heterocycles. The van der Waals surface area contributed by atoms with Crippen molar-refractivity contribution < 1.29 is 4.79 Å². The average molecular weight is 181 g/mol. The molecule has 2 fully saturated rings. The molecule has 2 atom stereocenters. The lowest BCUT2D eigenvalue weighted by Crippen LogP contribution is -2.33. The largest absolute Gasteiger partial charge is 0.330 e. The van der Waals surface area contributed by atoms with E-state index in [1.54, 1.807) is 0 Å². The Kier molecular flexibility index (Phi) is 2.68. The zero-order valence-electron chi connectivity index (χ0n) is 8.17. The first-order valence-electron chi connectivity index (χ1n) is 5.56. The predicted molar refractivity (Wildman–Crippen MR) is 52.2 cm³/mol. The summed E-state index contributed by atoms with van der Waals surface area (Å²) in [5.74, 6) is 1.79. The number of carbonyl (C=O) groups excluding carboxylic acids is 1. The van der Waals surface area contributed by atoms with Gasteiger partial charge in [0, 0.05) is 11.8 Å². The molecule has 0 radical (unpaired) electrons. The standard InChI is InChI=1S/C11H19NO/c12-7-9-5-2-6-10(9)11(13)8-3-1-4-8/h8-10H,1-7,12H2. The lowest BCUT2D eigenvalue weighted by Gasteiger charge is -2.28. The Morgan fingerprint density at radius 2 is 1.85 bits per heavy atom. The van der Waals surface area contributed by atoms with E-state index in [9.17, 15) is 4.79 Å². The van der Waals surface area contributed by atoms with Gasteiger partial charge in [0.15, 0.2) is 0 Å². The average Bonchev–Trinajstić information content (AvgIpc) is 2.47. The second-order valence-electron chi connectivity index (χ2n) is 4.56. The van der Waals surface area contributed by atoms with Gasteiger partial charge in [-0.05, 0) is 38.1 Å². The first-order chi connectivity index (χ1) is 6.33. The second-order valence-corrected chi connectivity index (χ2v) is 4.56. The SMILES string of the molecule is NCC1CCCC1C(=O)C1CCC1. The van der Waals surface area contributed by atoms with Crippen LogP contribution in [0.5, 0.6) is 0 Å². The molecule has 13 heavy (non-hydrogen) atoms. The number of hydrogen-bond acceptors (Lipinski definition) is 2. The van der Waals surface area contributed by atoms with Gasteiger partial charge in [0.05, 0.1) is 0 Å². The third kappa shape index (κ3) is 1.64. The van der Waals surface area contributed by atoms with E-state index < -0.39 is 0 Å². The minimum atomic E-state index is 0.329. The highest BCUT2D eigenvalue weighted by Crippen LogP contribution is 2.38. The molecule has 0 aromatic rings. The fourth-order valence-corrected chi connectivity index (χ4v) is 2.69. The van der Waals surface area contributed by atoms with Crippen molar-refractivity contribution in [1.29, 1.82) is 0 Å². The third-order valence-electron chi connectivity index (χ3n) is 3.83. The van der Waals surface area contributed by atoms with E-state index in [4.69, 9.17) is 5.73 Å². The molecule has 0 aromatic heterocycles. The molecule has 2 saturated carbocycles. The first kappa shape index (κ1) is 9.20. The fourth-order valence-electron chi connectivity index (χ4n) is 2.69. The van der Waals surface area contributed by atoms with E-state index in [2.05, 4.69) is 0 Å².